The number of allylic oxidation sites excluding steroid dienone is 5. The number of ether oxygens (including phenoxy) is 1. The third-order valence-corrected chi connectivity index (χ3v) is 2.54. The minimum Gasteiger partial charge on any atom is -0.466 e. The Kier molecular flexibility index (Phi) is 5.29. The molecule has 90 valence electrons. The first kappa shape index (κ1) is 13.3. The van der Waals surface area contributed by atoms with Crippen molar-refractivity contribution in [1.29, 1.82) is 0 Å². The number of terminal acetylenes is 1. The van der Waals surface area contributed by atoms with Gasteiger partial charge in [-0.05, 0) is 25.8 Å². The van der Waals surface area contributed by atoms with E-state index in [4.69, 9.17) is 11.2 Å². The lowest BCUT2D eigenvalue weighted by molar-refractivity contribution is -0.142. The van der Waals surface area contributed by atoms with Gasteiger partial charge in [0, 0.05) is 5.92 Å². The summed E-state index contributed by atoms with van der Waals surface area (Å²) < 4.78 is 4.90. The van der Waals surface area contributed by atoms with Crippen molar-refractivity contribution in [2.75, 3.05) is 6.61 Å². The summed E-state index contributed by atoms with van der Waals surface area (Å²) in [6, 6.07) is 0. The lowest BCUT2D eigenvalue weighted by atomic mass is 9.90. The largest absolute Gasteiger partial charge is 0.466 e. The maximum absolute atomic E-state index is 11.3. The fourth-order valence-electron chi connectivity index (χ4n) is 1.73. The van der Waals surface area contributed by atoms with Crippen molar-refractivity contribution in [3.8, 4) is 12.3 Å². The first-order valence-electron chi connectivity index (χ1n) is 5.83. The van der Waals surface area contributed by atoms with Gasteiger partial charge in [0.1, 0.15) is 0 Å². The lowest BCUT2D eigenvalue weighted by Gasteiger charge is -2.13. The van der Waals surface area contributed by atoms with Gasteiger partial charge < -0.3 is 4.74 Å². The Hall–Kier alpha value is -1.75. The fourth-order valence-corrected chi connectivity index (χ4v) is 1.73. The summed E-state index contributed by atoms with van der Waals surface area (Å²) >= 11 is 0. The lowest BCUT2D eigenvalue weighted by Crippen LogP contribution is -2.06. The average molecular weight is 230 g/mol. The molecular formula is C15H18O2. The first-order valence-corrected chi connectivity index (χ1v) is 5.83. The quantitative estimate of drug-likeness (QED) is 0.548. The van der Waals surface area contributed by atoms with Gasteiger partial charge >= 0.3 is 5.97 Å². The van der Waals surface area contributed by atoms with E-state index < -0.39 is 0 Å². The molecule has 0 aromatic carbocycles. The Morgan fingerprint density at radius 1 is 1.71 bits per heavy atom. The molecule has 0 fully saturated rings. The van der Waals surface area contributed by atoms with Crippen LogP contribution in [0.3, 0.4) is 0 Å². The zero-order chi connectivity index (χ0) is 12.7. The Labute approximate surface area is 103 Å². The summed E-state index contributed by atoms with van der Waals surface area (Å²) in [5.74, 6) is 2.69. The number of hydrogen-bond acceptors (Lipinski definition) is 2. The van der Waals surface area contributed by atoms with Crippen molar-refractivity contribution >= 4 is 5.97 Å². The third-order valence-electron chi connectivity index (χ3n) is 2.54. The second kappa shape index (κ2) is 6.75. The van der Waals surface area contributed by atoms with Gasteiger partial charge in [0.05, 0.1) is 13.0 Å². The van der Waals surface area contributed by atoms with Crippen LogP contribution >= 0.6 is 0 Å². The molecule has 2 nitrogen and oxygen atoms in total. The number of hydrogen-bond donors (Lipinski definition) is 0. The number of rotatable bonds is 4. The van der Waals surface area contributed by atoms with Gasteiger partial charge in [0.25, 0.3) is 0 Å². The predicted octanol–water partition coefficient (Wildman–Crippen LogP) is 3.02. The summed E-state index contributed by atoms with van der Waals surface area (Å²) in [5.41, 5.74) is 2.07. The van der Waals surface area contributed by atoms with E-state index in [1.54, 1.807) is 6.92 Å². The standard InChI is InChI=1S/C15H18O2/c1-4-13-8-6-7-9-14(13)10-12(3)11-15(16)17-5-2/h1,6-7,9-10,13H,5,8,11H2,2-3H3/b12-10+/t13-/m0/s1. The van der Waals surface area contributed by atoms with Crippen LogP contribution in [-0.2, 0) is 9.53 Å². The molecule has 1 aliphatic rings. The highest BCUT2D eigenvalue weighted by atomic mass is 16.5. The molecule has 1 aliphatic carbocycles. The van der Waals surface area contributed by atoms with Crippen molar-refractivity contribution < 1.29 is 9.53 Å². The van der Waals surface area contributed by atoms with Crippen LogP contribution in [0.2, 0.25) is 0 Å². The van der Waals surface area contributed by atoms with Crippen LogP contribution in [-0.4, -0.2) is 12.6 Å². The maximum Gasteiger partial charge on any atom is 0.309 e. The molecule has 0 aromatic rings. The van der Waals surface area contributed by atoms with Gasteiger partial charge in [0.15, 0.2) is 0 Å². The van der Waals surface area contributed by atoms with Crippen molar-refractivity contribution in [1.82, 2.24) is 0 Å². The molecule has 0 amide bonds. The molecule has 0 bridgehead atoms. The zero-order valence-electron chi connectivity index (χ0n) is 10.4. The normalized spacial score (nSPS) is 19.5. The van der Waals surface area contributed by atoms with Crippen molar-refractivity contribution in [2.24, 2.45) is 5.92 Å². The zero-order valence-corrected chi connectivity index (χ0v) is 10.4. The second-order valence-corrected chi connectivity index (χ2v) is 4.02. The van der Waals surface area contributed by atoms with E-state index in [1.807, 2.05) is 25.2 Å². The molecular weight excluding hydrogens is 212 g/mol. The monoisotopic (exact) mass is 230 g/mol. The molecule has 0 spiro atoms. The van der Waals surface area contributed by atoms with Crippen LogP contribution in [0, 0.1) is 18.3 Å². The van der Waals surface area contributed by atoms with E-state index in [9.17, 15) is 4.79 Å². The van der Waals surface area contributed by atoms with E-state index in [2.05, 4.69) is 12.0 Å². The maximum atomic E-state index is 11.3. The van der Waals surface area contributed by atoms with Crippen LogP contribution in [0.15, 0.2) is 35.5 Å². The number of carbonyl (C=O) groups excluding carboxylic acids is 1. The Balaban J connectivity index is 2.67. The molecule has 0 saturated carbocycles. The van der Waals surface area contributed by atoms with Gasteiger partial charge in [-0.1, -0.05) is 35.8 Å². The van der Waals surface area contributed by atoms with E-state index in [1.165, 1.54) is 0 Å². The van der Waals surface area contributed by atoms with Gasteiger partial charge in [-0.3, -0.25) is 4.79 Å². The highest BCUT2D eigenvalue weighted by Gasteiger charge is 2.11. The summed E-state index contributed by atoms with van der Waals surface area (Å²) in [4.78, 5) is 11.3. The smallest absolute Gasteiger partial charge is 0.309 e. The molecule has 0 aromatic heterocycles. The number of carbonyl (C=O) groups is 1. The SMILES string of the molecule is C#C[C@H]1CC=CC=C1/C=C(\C)CC(=O)OCC. The molecule has 0 radical (unpaired) electrons. The molecule has 17 heavy (non-hydrogen) atoms. The Morgan fingerprint density at radius 3 is 3.12 bits per heavy atom. The van der Waals surface area contributed by atoms with E-state index in [-0.39, 0.29) is 11.9 Å². The first-order chi connectivity index (χ1) is 8.17. The minimum absolute atomic E-state index is 0.122. The summed E-state index contributed by atoms with van der Waals surface area (Å²) in [6.07, 6.45) is 14.7. The van der Waals surface area contributed by atoms with E-state index >= 15 is 0 Å². The summed E-state index contributed by atoms with van der Waals surface area (Å²) in [6.45, 7) is 4.15. The molecule has 1 rings (SSSR count). The third kappa shape index (κ3) is 4.32. The van der Waals surface area contributed by atoms with Gasteiger partial charge in [0.2, 0.25) is 0 Å². The van der Waals surface area contributed by atoms with Crippen LogP contribution in [0.25, 0.3) is 0 Å². The van der Waals surface area contributed by atoms with Crippen LogP contribution in [0.4, 0.5) is 0 Å². The van der Waals surface area contributed by atoms with Crippen molar-refractivity contribution in [3.63, 3.8) is 0 Å². The second-order valence-electron chi connectivity index (χ2n) is 4.02. The molecule has 2 heteroatoms. The Morgan fingerprint density at radius 2 is 2.47 bits per heavy atom. The summed E-state index contributed by atoms with van der Waals surface area (Å²) in [5, 5.41) is 0. The van der Waals surface area contributed by atoms with Gasteiger partial charge in [-0.15, -0.1) is 6.42 Å². The molecule has 0 heterocycles. The molecule has 1 atom stereocenters. The number of esters is 1. The topological polar surface area (TPSA) is 26.3 Å². The highest BCUT2D eigenvalue weighted by molar-refractivity contribution is 5.72. The molecule has 0 N–H and O–H groups in total. The van der Waals surface area contributed by atoms with Crippen LogP contribution in [0.1, 0.15) is 26.7 Å². The van der Waals surface area contributed by atoms with Crippen LogP contribution in [0.5, 0.6) is 0 Å². The van der Waals surface area contributed by atoms with E-state index in [0.717, 1.165) is 17.6 Å². The Bertz CT molecular complexity index is 405. The molecule has 0 unspecified atom stereocenters. The average Bonchev–Trinajstić information content (AvgIpc) is 2.29. The molecule has 0 saturated heterocycles. The predicted molar refractivity (Wildman–Crippen MR) is 69.2 cm³/mol. The van der Waals surface area contributed by atoms with Gasteiger partial charge in [-0.25, -0.2) is 0 Å². The van der Waals surface area contributed by atoms with Crippen molar-refractivity contribution in [2.45, 2.75) is 26.7 Å². The van der Waals surface area contributed by atoms with Crippen LogP contribution < -0.4 is 0 Å². The highest BCUT2D eigenvalue weighted by Crippen LogP contribution is 2.22. The van der Waals surface area contributed by atoms with Crippen molar-refractivity contribution in [3.05, 3.63) is 35.5 Å². The van der Waals surface area contributed by atoms with Gasteiger partial charge in [-0.2, -0.15) is 0 Å². The molecule has 0 aliphatic heterocycles. The summed E-state index contributed by atoms with van der Waals surface area (Å²) in [7, 11) is 0. The minimum atomic E-state index is -0.189. The fraction of sp³-hybridized carbons (Fsp3) is 0.400. The van der Waals surface area contributed by atoms with E-state index in [0.29, 0.717) is 13.0 Å².